The number of carbonyl (C=O) groups is 3. The molecule has 176 valence electrons. The highest BCUT2D eigenvalue weighted by atomic mass is 16.4. The molecule has 0 saturated carbocycles. The Morgan fingerprint density at radius 3 is 0.967 bits per heavy atom. The number of rotatable bonds is 7. The van der Waals surface area contributed by atoms with Gasteiger partial charge in [0.25, 0.3) is 0 Å². The second-order valence-corrected chi connectivity index (χ2v) is 5.45. The summed E-state index contributed by atoms with van der Waals surface area (Å²) in [6.07, 6.45) is 3.09. The SMILES string of the molecule is C1CNCCN1.C=CC(=O)O.C=CC(=O)O.C=CC(=O)O.CCC(CO)(CO)CO. The maximum Gasteiger partial charge on any atom is 0.327 e. The Morgan fingerprint density at radius 1 is 0.733 bits per heavy atom. The molecule has 8 N–H and O–H groups in total. The molecule has 0 spiro atoms. The summed E-state index contributed by atoms with van der Waals surface area (Å²) in [5, 5.41) is 55.2. The Kier molecular flexibility index (Phi) is 30.8. The second-order valence-electron chi connectivity index (χ2n) is 5.45. The van der Waals surface area contributed by atoms with Crippen LogP contribution in [0.4, 0.5) is 0 Å². The van der Waals surface area contributed by atoms with E-state index in [4.69, 9.17) is 30.6 Å². The van der Waals surface area contributed by atoms with Gasteiger partial charge in [0.1, 0.15) is 0 Å². The second kappa shape index (κ2) is 26.4. The van der Waals surface area contributed by atoms with Gasteiger partial charge in [-0.05, 0) is 6.42 Å². The lowest BCUT2D eigenvalue weighted by Crippen LogP contribution is -2.39. The molecule has 0 aliphatic carbocycles. The van der Waals surface area contributed by atoms with Gasteiger partial charge in [0.05, 0.1) is 19.8 Å². The number of carboxylic acids is 3. The van der Waals surface area contributed by atoms with Crippen LogP contribution in [0.3, 0.4) is 0 Å². The van der Waals surface area contributed by atoms with E-state index in [1.165, 1.54) is 0 Å². The quantitative estimate of drug-likeness (QED) is 0.235. The van der Waals surface area contributed by atoms with Crippen LogP contribution in [0.15, 0.2) is 38.0 Å². The molecule has 1 aliphatic rings. The fraction of sp³-hybridized carbons (Fsp3) is 0.526. The summed E-state index contributed by atoms with van der Waals surface area (Å²) in [6.45, 7) is 14.8. The summed E-state index contributed by atoms with van der Waals surface area (Å²) >= 11 is 0. The molecule has 1 heterocycles. The number of carboxylic acid groups (broad SMARTS) is 3. The van der Waals surface area contributed by atoms with Crippen LogP contribution in [0.5, 0.6) is 0 Å². The molecule has 0 atom stereocenters. The minimum atomic E-state index is -0.981. The summed E-state index contributed by atoms with van der Waals surface area (Å²) in [7, 11) is 0. The van der Waals surface area contributed by atoms with Crippen molar-refractivity contribution in [3.63, 3.8) is 0 Å². The lowest BCUT2D eigenvalue weighted by molar-refractivity contribution is -0.132. The van der Waals surface area contributed by atoms with Gasteiger partial charge in [0.2, 0.25) is 0 Å². The van der Waals surface area contributed by atoms with Crippen molar-refractivity contribution < 1.29 is 45.0 Å². The monoisotopic (exact) mass is 436 g/mol. The molecular formula is C19H36N2O9. The highest BCUT2D eigenvalue weighted by molar-refractivity contribution is 5.79. The molecular weight excluding hydrogens is 400 g/mol. The molecule has 0 unspecified atom stereocenters. The normalized spacial score (nSPS) is 11.6. The van der Waals surface area contributed by atoms with E-state index in [9.17, 15) is 14.4 Å². The third-order valence-corrected chi connectivity index (χ3v) is 3.24. The van der Waals surface area contributed by atoms with Crippen molar-refractivity contribution in [3.05, 3.63) is 38.0 Å². The number of hydrogen-bond donors (Lipinski definition) is 8. The molecule has 0 bridgehead atoms. The van der Waals surface area contributed by atoms with Crippen LogP contribution in [-0.4, -0.2) is 94.5 Å². The minimum Gasteiger partial charge on any atom is -0.478 e. The van der Waals surface area contributed by atoms with Crippen molar-refractivity contribution in [3.8, 4) is 0 Å². The van der Waals surface area contributed by atoms with Gasteiger partial charge < -0.3 is 41.3 Å². The third kappa shape index (κ3) is 33.0. The fourth-order valence-electron chi connectivity index (χ4n) is 1.09. The summed E-state index contributed by atoms with van der Waals surface area (Å²) in [5.74, 6) is -2.94. The van der Waals surface area contributed by atoms with Crippen molar-refractivity contribution in [1.29, 1.82) is 0 Å². The Labute approximate surface area is 177 Å². The van der Waals surface area contributed by atoms with Gasteiger partial charge in [-0.1, -0.05) is 26.7 Å². The van der Waals surface area contributed by atoms with Gasteiger partial charge in [-0.2, -0.15) is 0 Å². The van der Waals surface area contributed by atoms with E-state index in [-0.39, 0.29) is 19.8 Å². The molecule has 1 aliphatic heterocycles. The van der Waals surface area contributed by atoms with E-state index in [1.54, 1.807) is 0 Å². The van der Waals surface area contributed by atoms with Gasteiger partial charge in [-0.25, -0.2) is 14.4 Å². The minimum absolute atomic E-state index is 0.156. The maximum atomic E-state index is 9.25. The topological polar surface area (TPSA) is 197 Å². The molecule has 0 radical (unpaired) electrons. The van der Waals surface area contributed by atoms with Crippen molar-refractivity contribution in [2.45, 2.75) is 13.3 Å². The van der Waals surface area contributed by atoms with Gasteiger partial charge in [-0.3, -0.25) is 0 Å². The number of hydrogen-bond acceptors (Lipinski definition) is 8. The van der Waals surface area contributed by atoms with Gasteiger partial charge in [0, 0.05) is 49.8 Å². The first-order valence-electron chi connectivity index (χ1n) is 8.86. The Hall–Kier alpha value is -2.57. The van der Waals surface area contributed by atoms with E-state index >= 15 is 0 Å². The van der Waals surface area contributed by atoms with E-state index < -0.39 is 23.3 Å². The van der Waals surface area contributed by atoms with Gasteiger partial charge >= 0.3 is 17.9 Å². The third-order valence-electron chi connectivity index (χ3n) is 3.24. The molecule has 1 saturated heterocycles. The van der Waals surface area contributed by atoms with Crippen molar-refractivity contribution in [1.82, 2.24) is 10.6 Å². The predicted octanol–water partition coefficient (Wildman–Crippen LogP) is -0.690. The molecule has 1 rings (SSSR count). The van der Waals surface area contributed by atoms with Crippen LogP contribution in [0, 0.1) is 5.41 Å². The van der Waals surface area contributed by atoms with Crippen molar-refractivity contribution in [2.24, 2.45) is 5.41 Å². The molecule has 1 fully saturated rings. The average Bonchev–Trinajstić information content (AvgIpc) is 2.78. The van der Waals surface area contributed by atoms with Crippen LogP contribution in [0.25, 0.3) is 0 Å². The van der Waals surface area contributed by atoms with Crippen LogP contribution in [0.1, 0.15) is 13.3 Å². The zero-order valence-corrected chi connectivity index (χ0v) is 17.4. The highest BCUT2D eigenvalue weighted by Crippen LogP contribution is 2.18. The summed E-state index contributed by atoms with van der Waals surface area (Å²) in [6, 6.07) is 0. The Morgan fingerprint density at radius 2 is 0.933 bits per heavy atom. The van der Waals surface area contributed by atoms with E-state index in [2.05, 4.69) is 30.4 Å². The number of aliphatic hydroxyl groups is 3. The standard InChI is InChI=1S/C6H14O3.C4H10N2.3C3H4O2/c1-2-6(3-7,4-8)5-9;1-2-6-4-3-5-1;3*1-2-3(4)5/h7-9H,2-5H2,1H3;5-6H,1-4H2;3*2H,1H2,(H,4,5). The molecule has 0 aromatic heterocycles. The van der Waals surface area contributed by atoms with E-state index in [0.717, 1.165) is 44.4 Å². The first-order chi connectivity index (χ1) is 14.1. The summed E-state index contributed by atoms with van der Waals surface area (Å²) in [4.78, 5) is 27.8. The zero-order valence-electron chi connectivity index (χ0n) is 17.4. The smallest absolute Gasteiger partial charge is 0.327 e. The molecule has 0 amide bonds. The summed E-state index contributed by atoms with van der Waals surface area (Å²) < 4.78 is 0. The van der Waals surface area contributed by atoms with Crippen LogP contribution in [0.2, 0.25) is 0 Å². The van der Waals surface area contributed by atoms with E-state index in [1.807, 2.05) is 6.92 Å². The maximum absolute atomic E-state index is 9.25. The fourth-order valence-corrected chi connectivity index (χ4v) is 1.09. The number of aliphatic carboxylic acids is 3. The van der Waals surface area contributed by atoms with Crippen LogP contribution in [-0.2, 0) is 14.4 Å². The first-order valence-corrected chi connectivity index (χ1v) is 8.86. The van der Waals surface area contributed by atoms with Crippen LogP contribution >= 0.6 is 0 Å². The first kappa shape index (κ1) is 34.9. The van der Waals surface area contributed by atoms with Gasteiger partial charge in [-0.15, -0.1) is 0 Å². The summed E-state index contributed by atoms with van der Waals surface area (Å²) in [5.41, 5.74) is -0.667. The predicted molar refractivity (Wildman–Crippen MR) is 113 cm³/mol. The molecule has 0 aromatic carbocycles. The highest BCUT2D eigenvalue weighted by Gasteiger charge is 2.24. The molecule has 11 heteroatoms. The van der Waals surface area contributed by atoms with Gasteiger partial charge in [0.15, 0.2) is 0 Å². The number of nitrogens with one attached hydrogen (secondary N) is 2. The van der Waals surface area contributed by atoms with Crippen molar-refractivity contribution in [2.75, 3.05) is 46.0 Å². The van der Waals surface area contributed by atoms with Crippen molar-refractivity contribution >= 4 is 17.9 Å². The number of aliphatic hydroxyl groups excluding tert-OH is 3. The Bertz CT molecular complexity index is 403. The lowest BCUT2D eigenvalue weighted by Gasteiger charge is -2.24. The van der Waals surface area contributed by atoms with Crippen LogP contribution < -0.4 is 10.6 Å². The average molecular weight is 437 g/mol. The van der Waals surface area contributed by atoms with E-state index in [0.29, 0.717) is 6.42 Å². The lowest BCUT2D eigenvalue weighted by atomic mass is 9.88. The number of piperazine rings is 1. The molecule has 0 aromatic rings. The largest absolute Gasteiger partial charge is 0.478 e. The Balaban J connectivity index is -0.000000144. The molecule has 30 heavy (non-hydrogen) atoms. The zero-order chi connectivity index (χ0) is 24.4. The molecule has 11 nitrogen and oxygen atoms in total.